The van der Waals surface area contributed by atoms with Crippen LogP contribution in [-0.4, -0.2) is 23.6 Å². The van der Waals surface area contributed by atoms with Gasteiger partial charge in [0, 0.05) is 30.8 Å². The molecule has 0 aliphatic carbocycles. The number of thiophene rings is 1. The number of amides is 1. The number of hydrogen-bond donors (Lipinski definition) is 0. The number of nitriles is 1. The van der Waals surface area contributed by atoms with Gasteiger partial charge in [-0.25, -0.2) is 0 Å². The summed E-state index contributed by atoms with van der Waals surface area (Å²) >= 11 is 1.65. The van der Waals surface area contributed by atoms with Crippen molar-refractivity contribution < 1.29 is 14.3 Å². The summed E-state index contributed by atoms with van der Waals surface area (Å²) in [6.45, 7) is 1.74. The third-order valence-corrected chi connectivity index (χ3v) is 6.39. The van der Waals surface area contributed by atoms with Crippen LogP contribution in [0.25, 0.3) is 0 Å². The molecule has 4 rings (SSSR count). The Balaban J connectivity index is 1.36. The van der Waals surface area contributed by atoms with Crippen molar-refractivity contribution in [2.45, 2.75) is 31.9 Å². The third kappa shape index (κ3) is 4.84. The van der Waals surface area contributed by atoms with Crippen molar-refractivity contribution >= 4 is 23.5 Å². The number of aldehydes is 1. The van der Waals surface area contributed by atoms with Gasteiger partial charge in [-0.1, -0.05) is 36.4 Å². The Hall–Kier alpha value is -3.43. The van der Waals surface area contributed by atoms with E-state index in [0.29, 0.717) is 18.9 Å². The van der Waals surface area contributed by atoms with Gasteiger partial charge in [-0.15, -0.1) is 11.3 Å². The smallest absolute Gasteiger partial charge is 0.255 e. The summed E-state index contributed by atoms with van der Waals surface area (Å²) < 4.78 is 5.89. The molecule has 0 N–H and O–H groups in total. The van der Waals surface area contributed by atoms with Crippen molar-refractivity contribution in [2.75, 3.05) is 6.54 Å². The highest BCUT2D eigenvalue weighted by molar-refractivity contribution is 7.10. The van der Waals surface area contributed by atoms with Crippen LogP contribution >= 0.6 is 11.3 Å². The zero-order chi connectivity index (χ0) is 21.6. The van der Waals surface area contributed by atoms with Crippen molar-refractivity contribution in [1.82, 2.24) is 4.90 Å². The van der Waals surface area contributed by atoms with Gasteiger partial charge in [-0.2, -0.15) is 5.26 Å². The van der Waals surface area contributed by atoms with E-state index in [-0.39, 0.29) is 12.3 Å². The number of hydrogen-bond acceptors (Lipinski definition) is 5. The van der Waals surface area contributed by atoms with Gasteiger partial charge in [0.15, 0.2) is 0 Å². The van der Waals surface area contributed by atoms with E-state index in [1.807, 2.05) is 58.8 Å². The molecule has 6 heteroatoms. The van der Waals surface area contributed by atoms with Crippen molar-refractivity contribution in [3.05, 3.63) is 87.1 Å². The molecule has 0 fully saturated rings. The van der Waals surface area contributed by atoms with Crippen LogP contribution in [-0.2, 0) is 24.4 Å². The van der Waals surface area contributed by atoms with Gasteiger partial charge in [0.25, 0.3) is 5.91 Å². The van der Waals surface area contributed by atoms with Crippen molar-refractivity contribution in [2.24, 2.45) is 0 Å². The van der Waals surface area contributed by atoms with Gasteiger partial charge in [-0.05, 0) is 40.3 Å². The Kier molecular flexibility index (Phi) is 6.44. The molecule has 0 radical (unpaired) electrons. The fraction of sp³-hybridized carbons (Fsp3) is 0.240. The first-order valence-electron chi connectivity index (χ1n) is 10.2. The van der Waals surface area contributed by atoms with E-state index in [0.717, 1.165) is 41.5 Å². The maximum atomic E-state index is 12.7. The first-order valence-corrected chi connectivity index (χ1v) is 11.1. The molecule has 1 unspecified atom stereocenters. The van der Waals surface area contributed by atoms with Gasteiger partial charge < -0.3 is 14.4 Å². The standard InChI is InChI=1S/C25H22N2O3S/c26-15-21(9-12-28)20-4-6-22(7-5-20)30-17-19-3-1-2-18(14-19)16-27-11-8-24-23(25(27)29)10-13-31-24/h1-7,10,12-14,21H,8-9,11,16-17H2. The molecule has 0 bridgehead atoms. The molecular weight excluding hydrogens is 408 g/mol. The van der Waals surface area contributed by atoms with Gasteiger partial charge in [0.2, 0.25) is 0 Å². The lowest BCUT2D eigenvalue weighted by Gasteiger charge is -2.27. The lowest BCUT2D eigenvalue weighted by molar-refractivity contribution is -0.108. The molecule has 0 spiro atoms. The van der Waals surface area contributed by atoms with Gasteiger partial charge >= 0.3 is 0 Å². The highest BCUT2D eigenvalue weighted by atomic mass is 32.1. The lowest BCUT2D eigenvalue weighted by Crippen LogP contribution is -2.36. The maximum Gasteiger partial charge on any atom is 0.255 e. The Morgan fingerprint density at radius 1 is 1.16 bits per heavy atom. The molecule has 3 aromatic rings. The van der Waals surface area contributed by atoms with Gasteiger partial charge in [-0.3, -0.25) is 4.79 Å². The first-order chi connectivity index (χ1) is 15.2. The summed E-state index contributed by atoms with van der Waals surface area (Å²) in [5.74, 6) is 0.383. The van der Waals surface area contributed by atoms with Crippen LogP contribution in [0.15, 0.2) is 60.0 Å². The van der Waals surface area contributed by atoms with Crippen LogP contribution in [0.1, 0.15) is 44.3 Å². The zero-order valence-electron chi connectivity index (χ0n) is 17.0. The topological polar surface area (TPSA) is 70.4 Å². The lowest BCUT2D eigenvalue weighted by atomic mass is 9.98. The quantitative estimate of drug-likeness (QED) is 0.485. The number of nitrogens with zero attached hydrogens (tertiary/aromatic N) is 2. The van der Waals surface area contributed by atoms with Crippen molar-refractivity contribution in [1.29, 1.82) is 5.26 Å². The second-order valence-electron chi connectivity index (χ2n) is 7.50. The second-order valence-corrected chi connectivity index (χ2v) is 8.50. The predicted octanol–water partition coefficient (Wildman–Crippen LogP) is 4.72. The van der Waals surface area contributed by atoms with E-state index in [9.17, 15) is 9.59 Å². The average Bonchev–Trinajstić information content (AvgIpc) is 3.28. The minimum atomic E-state index is -0.425. The molecule has 1 amide bonds. The minimum Gasteiger partial charge on any atom is -0.489 e. The summed E-state index contributed by atoms with van der Waals surface area (Å²) in [5, 5.41) is 11.2. The van der Waals surface area contributed by atoms with Crippen LogP contribution in [0.5, 0.6) is 5.75 Å². The van der Waals surface area contributed by atoms with E-state index in [4.69, 9.17) is 10.00 Å². The Bertz CT molecular complexity index is 1110. The molecule has 1 aromatic heterocycles. The minimum absolute atomic E-state index is 0.106. The van der Waals surface area contributed by atoms with Crippen LogP contribution in [0, 0.1) is 11.3 Å². The average molecular weight is 431 g/mol. The molecule has 0 saturated heterocycles. The number of carbonyl (C=O) groups is 2. The van der Waals surface area contributed by atoms with E-state index >= 15 is 0 Å². The normalized spacial score (nSPS) is 13.9. The molecule has 31 heavy (non-hydrogen) atoms. The van der Waals surface area contributed by atoms with Gasteiger partial charge in [0.1, 0.15) is 18.6 Å². The Morgan fingerprint density at radius 3 is 2.74 bits per heavy atom. The number of carbonyl (C=O) groups excluding carboxylic acids is 2. The van der Waals surface area contributed by atoms with E-state index in [1.54, 1.807) is 11.3 Å². The molecule has 2 heterocycles. The molecule has 1 atom stereocenters. The highest BCUT2D eigenvalue weighted by Gasteiger charge is 2.25. The fourth-order valence-electron chi connectivity index (χ4n) is 3.74. The number of fused-ring (bicyclic) bond motifs is 1. The fourth-order valence-corrected chi connectivity index (χ4v) is 4.60. The monoisotopic (exact) mass is 430 g/mol. The highest BCUT2D eigenvalue weighted by Crippen LogP contribution is 2.26. The van der Waals surface area contributed by atoms with Crippen molar-refractivity contribution in [3.8, 4) is 11.8 Å². The van der Waals surface area contributed by atoms with Crippen LogP contribution in [0.4, 0.5) is 0 Å². The Morgan fingerprint density at radius 2 is 1.97 bits per heavy atom. The number of benzene rings is 2. The molecule has 1 aliphatic rings. The SMILES string of the molecule is N#CC(CC=O)c1ccc(OCc2cccc(CN3CCc4sccc4C3=O)c2)cc1. The summed E-state index contributed by atoms with van der Waals surface area (Å²) in [6, 6.07) is 19.4. The van der Waals surface area contributed by atoms with Crippen molar-refractivity contribution in [3.63, 3.8) is 0 Å². The first kappa shape index (κ1) is 20.8. The summed E-state index contributed by atoms with van der Waals surface area (Å²) in [5.41, 5.74) is 3.75. The summed E-state index contributed by atoms with van der Waals surface area (Å²) in [4.78, 5) is 26.5. The summed E-state index contributed by atoms with van der Waals surface area (Å²) in [6.07, 6.45) is 1.87. The number of ether oxygens (including phenoxy) is 1. The van der Waals surface area contributed by atoms with Crippen LogP contribution in [0.2, 0.25) is 0 Å². The molecular formula is C25H22N2O3S. The van der Waals surface area contributed by atoms with E-state index in [2.05, 4.69) is 12.1 Å². The maximum absolute atomic E-state index is 12.7. The van der Waals surface area contributed by atoms with Gasteiger partial charge in [0.05, 0.1) is 17.6 Å². The molecule has 0 saturated carbocycles. The Labute approximate surface area is 185 Å². The summed E-state index contributed by atoms with van der Waals surface area (Å²) in [7, 11) is 0. The zero-order valence-corrected chi connectivity index (χ0v) is 17.8. The molecule has 1 aliphatic heterocycles. The molecule has 156 valence electrons. The number of rotatable bonds is 8. The largest absolute Gasteiger partial charge is 0.489 e. The molecule has 5 nitrogen and oxygen atoms in total. The van der Waals surface area contributed by atoms with Crippen LogP contribution < -0.4 is 4.74 Å². The second kappa shape index (κ2) is 9.59. The third-order valence-electron chi connectivity index (χ3n) is 5.41. The predicted molar refractivity (Wildman–Crippen MR) is 119 cm³/mol. The molecule has 2 aromatic carbocycles. The van der Waals surface area contributed by atoms with Crippen LogP contribution in [0.3, 0.4) is 0 Å². The van der Waals surface area contributed by atoms with E-state index < -0.39 is 5.92 Å². The van der Waals surface area contributed by atoms with E-state index in [1.165, 1.54) is 4.88 Å².